The van der Waals surface area contributed by atoms with Crippen LogP contribution in [0.5, 0.6) is 0 Å². The quantitative estimate of drug-likeness (QED) is 0.755. The van der Waals surface area contributed by atoms with Crippen LogP contribution in [0.4, 0.5) is 4.79 Å². The van der Waals surface area contributed by atoms with Crippen molar-refractivity contribution in [3.8, 4) is 0 Å². The fraction of sp³-hybridized carbons (Fsp3) is 0.529. The first-order chi connectivity index (χ1) is 10.3. The molecular weight excluding hydrogens is 282 g/mol. The molecule has 0 spiro atoms. The van der Waals surface area contributed by atoms with Crippen molar-refractivity contribution in [3.05, 3.63) is 35.9 Å². The van der Waals surface area contributed by atoms with Gasteiger partial charge in [0.1, 0.15) is 5.60 Å². The zero-order valence-corrected chi connectivity index (χ0v) is 13.5. The van der Waals surface area contributed by atoms with Gasteiger partial charge in [0.25, 0.3) is 0 Å². The maximum absolute atomic E-state index is 11.5. The number of carbonyl (C=O) groups excluding carboxylic acids is 1. The maximum Gasteiger partial charge on any atom is 0.407 e. The number of aliphatic carboxylic acids is 1. The first-order valence-corrected chi connectivity index (χ1v) is 7.51. The number of carboxylic acids is 1. The van der Waals surface area contributed by atoms with Crippen LogP contribution >= 0.6 is 0 Å². The second-order valence-electron chi connectivity index (χ2n) is 6.28. The number of carbonyl (C=O) groups is 2. The number of nitrogens with one attached hydrogen (secondary N) is 1. The molecule has 0 saturated heterocycles. The van der Waals surface area contributed by atoms with E-state index in [1.165, 1.54) is 0 Å². The average Bonchev–Trinajstić information content (AvgIpc) is 2.41. The van der Waals surface area contributed by atoms with E-state index in [-0.39, 0.29) is 12.3 Å². The topological polar surface area (TPSA) is 75.6 Å². The van der Waals surface area contributed by atoms with Gasteiger partial charge in [-0.15, -0.1) is 0 Å². The third-order valence-electron chi connectivity index (χ3n) is 3.09. The predicted octanol–water partition coefficient (Wildman–Crippen LogP) is 3.55. The Morgan fingerprint density at radius 2 is 1.86 bits per heavy atom. The number of benzene rings is 1. The molecule has 122 valence electrons. The number of hydrogen-bond acceptors (Lipinski definition) is 3. The number of amides is 1. The third-order valence-corrected chi connectivity index (χ3v) is 3.09. The molecule has 22 heavy (non-hydrogen) atoms. The van der Waals surface area contributed by atoms with Crippen molar-refractivity contribution >= 4 is 12.1 Å². The summed E-state index contributed by atoms with van der Waals surface area (Å²) in [6.07, 6.45) is 1.05. The molecule has 5 nitrogen and oxygen atoms in total. The van der Waals surface area contributed by atoms with Crippen molar-refractivity contribution in [2.24, 2.45) is 0 Å². The van der Waals surface area contributed by atoms with Gasteiger partial charge in [0.05, 0.1) is 6.42 Å². The molecule has 5 heteroatoms. The van der Waals surface area contributed by atoms with Gasteiger partial charge in [0, 0.05) is 6.54 Å². The van der Waals surface area contributed by atoms with Crippen molar-refractivity contribution in [2.45, 2.75) is 51.6 Å². The summed E-state index contributed by atoms with van der Waals surface area (Å²) in [6, 6.07) is 9.60. The Morgan fingerprint density at radius 3 is 2.41 bits per heavy atom. The minimum Gasteiger partial charge on any atom is -0.481 e. The second kappa shape index (κ2) is 8.41. The van der Waals surface area contributed by atoms with Crippen molar-refractivity contribution in [2.75, 3.05) is 6.54 Å². The highest BCUT2D eigenvalue weighted by Gasteiger charge is 2.17. The number of rotatable bonds is 7. The first kappa shape index (κ1) is 18.0. The van der Waals surface area contributed by atoms with Gasteiger partial charge in [-0.2, -0.15) is 0 Å². The number of carboxylic acid groups (broad SMARTS) is 1. The van der Waals surface area contributed by atoms with E-state index in [2.05, 4.69) is 5.32 Å². The Kier molecular flexibility index (Phi) is 6.89. The van der Waals surface area contributed by atoms with E-state index in [0.717, 1.165) is 5.56 Å². The van der Waals surface area contributed by atoms with Gasteiger partial charge in [-0.25, -0.2) is 4.79 Å². The van der Waals surface area contributed by atoms with Gasteiger partial charge in [-0.05, 0) is 45.1 Å². The Balaban J connectivity index is 2.42. The Morgan fingerprint density at radius 1 is 1.23 bits per heavy atom. The van der Waals surface area contributed by atoms with Crippen molar-refractivity contribution in [1.82, 2.24) is 5.32 Å². The van der Waals surface area contributed by atoms with Gasteiger partial charge >= 0.3 is 12.1 Å². The molecule has 1 unspecified atom stereocenters. The monoisotopic (exact) mass is 307 g/mol. The van der Waals surface area contributed by atoms with Gasteiger partial charge < -0.3 is 15.2 Å². The van der Waals surface area contributed by atoms with Crippen LogP contribution in [0.15, 0.2) is 30.3 Å². The van der Waals surface area contributed by atoms with E-state index in [0.29, 0.717) is 19.4 Å². The molecule has 1 aromatic rings. The molecule has 0 heterocycles. The molecular formula is C17H25NO4. The highest BCUT2D eigenvalue weighted by Crippen LogP contribution is 2.24. The molecule has 2 N–H and O–H groups in total. The number of hydrogen-bond donors (Lipinski definition) is 2. The summed E-state index contributed by atoms with van der Waals surface area (Å²) in [5.74, 6) is -0.854. The highest BCUT2D eigenvalue weighted by atomic mass is 16.6. The van der Waals surface area contributed by atoms with Gasteiger partial charge in [-0.1, -0.05) is 30.3 Å². The molecule has 0 aliphatic carbocycles. The summed E-state index contributed by atoms with van der Waals surface area (Å²) in [5, 5.41) is 11.7. The Labute approximate surface area is 131 Å². The van der Waals surface area contributed by atoms with E-state index < -0.39 is 17.7 Å². The average molecular weight is 307 g/mol. The standard InChI is InChI=1S/C17H25NO4/c1-17(2,3)22-16(21)18-11-7-10-14(12-15(19)20)13-8-5-4-6-9-13/h4-6,8-9,14H,7,10-12H2,1-3H3,(H,18,21)(H,19,20). The summed E-state index contributed by atoms with van der Waals surface area (Å²) >= 11 is 0. The molecule has 1 atom stereocenters. The van der Waals surface area contributed by atoms with Crippen LogP contribution in [0.25, 0.3) is 0 Å². The summed E-state index contributed by atoms with van der Waals surface area (Å²) in [7, 11) is 0. The van der Waals surface area contributed by atoms with E-state index in [1.807, 2.05) is 51.1 Å². The van der Waals surface area contributed by atoms with Gasteiger partial charge in [0.15, 0.2) is 0 Å². The number of ether oxygens (including phenoxy) is 1. The Hall–Kier alpha value is -2.04. The van der Waals surface area contributed by atoms with Crippen LogP contribution in [0.1, 0.15) is 51.5 Å². The van der Waals surface area contributed by atoms with Crippen molar-refractivity contribution < 1.29 is 19.4 Å². The van der Waals surface area contributed by atoms with E-state index in [4.69, 9.17) is 9.84 Å². The summed E-state index contributed by atoms with van der Waals surface area (Å²) in [6.45, 7) is 5.90. The maximum atomic E-state index is 11.5. The molecule has 1 rings (SSSR count). The molecule has 0 aliphatic rings. The smallest absolute Gasteiger partial charge is 0.407 e. The zero-order valence-electron chi connectivity index (χ0n) is 13.5. The largest absolute Gasteiger partial charge is 0.481 e. The fourth-order valence-electron chi connectivity index (χ4n) is 2.18. The second-order valence-corrected chi connectivity index (χ2v) is 6.28. The van der Waals surface area contributed by atoms with Gasteiger partial charge in [-0.3, -0.25) is 4.79 Å². The molecule has 0 saturated carbocycles. The minimum atomic E-state index is -0.811. The SMILES string of the molecule is CC(C)(C)OC(=O)NCCCC(CC(=O)O)c1ccccc1. The number of alkyl carbamates (subject to hydrolysis) is 1. The molecule has 0 radical (unpaired) electrons. The fourth-order valence-corrected chi connectivity index (χ4v) is 2.18. The molecule has 0 bridgehead atoms. The highest BCUT2D eigenvalue weighted by molar-refractivity contribution is 5.68. The van der Waals surface area contributed by atoms with Crippen LogP contribution in [0.3, 0.4) is 0 Å². The molecule has 0 aromatic heterocycles. The third kappa shape index (κ3) is 7.67. The lowest BCUT2D eigenvalue weighted by molar-refractivity contribution is -0.137. The molecule has 0 aliphatic heterocycles. The summed E-state index contributed by atoms with van der Waals surface area (Å²) < 4.78 is 5.15. The van der Waals surface area contributed by atoms with Crippen LogP contribution in [-0.2, 0) is 9.53 Å². The van der Waals surface area contributed by atoms with Crippen LogP contribution < -0.4 is 5.32 Å². The van der Waals surface area contributed by atoms with Crippen LogP contribution in [0.2, 0.25) is 0 Å². The van der Waals surface area contributed by atoms with Gasteiger partial charge in [0.2, 0.25) is 0 Å². The van der Waals surface area contributed by atoms with Crippen molar-refractivity contribution in [3.63, 3.8) is 0 Å². The molecule has 0 fully saturated rings. The Bertz CT molecular complexity index is 479. The molecule has 1 amide bonds. The van der Waals surface area contributed by atoms with Crippen LogP contribution in [0, 0.1) is 0 Å². The van der Waals surface area contributed by atoms with Crippen LogP contribution in [-0.4, -0.2) is 29.3 Å². The predicted molar refractivity (Wildman–Crippen MR) is 84.9 cm³/mol. The normalized spacial score (nSPS) is 12.5. The van der Waals surface area contributed by atoms with E-state index in [9.17, 15) is 9.59 Å². The minimum absolute atomic E-state index is 0.0425. The summed E-state index contributed by atoms with van der Waals surface area (Å²) in [5.41, 5.74) is 0.502. The summed E-state index contributed by atoms with van der Waals surface area (Å²) in [4.78, 5) is 22.5. The lowest BCUT2D eigenvalue weighted by atomic mass is 9.91. The zero-order chi connectivity index (χ0) is 16.6. The first-order valence-electron chi connectivity index (χ1n) is 7.51. The van der Waals surface area contributed by atoms with E-state index >= 15 is 0 Å². The lowest BCUT2D eigenvalue weighted by Gasteiger charge is -2.20. The molecule has 1 aromatic carbocycles. The lowest BCUT2D eigenvalue weighted by Crippen LogP contribution is -2.33. The van der Waals surface area contributed by atoms with Crippen molar-refractivity contribution in [1.29, 1.82) is 0 Å². The van der Waals surface area contributed by atoms with E-state index in [1.54, 1.807) is 0 Å².